The first-order chi connectivity index (χ1) is 11.3. The fraction of sp³-hybridized carbons (Fsp3) is 0.474. The third-order valence-corrected chi connectivity index (χ3v) is 5.01. The molecule has 0 saturated carbocycles. The first-order valence-electron chi connectivity index (χ1n) is 8.13. The van der Waals surface area contributed by atoms with Crippen molar-refractivity contribution in [1.82, 2.24) is 4.98 Å². The van der Waals surface area contributed by atoms with Gasteiger partial charge >= 0.3 is 6.09 Å². The summed E-state index contributed by atoms with van der Waals surface area (Å²) in [6.07, 6.45) is -1.04. The second-order valence-electron chi connectivity index (χ2n) is 8.27. The third kappa shape index (κ3) is 3.95. The van der Waals surface area contributed by atoms with E-state index >= 15 is 0 Å². The highest BCUT2D eigenvalue weighted by Crippen LogP contribution is 2.41. The lowest BCUT2D eigenvalue weighted by Crippen LogP contribution is -2.23. The maximum absolute atomic E-state index is 11.2. The first-order valence-corrected chi connectivity index (χ1v) is 9.01. The summed E-state index contributed by atoms with van der Waals surface area (Å²) in [5.74, 6) is 0.277. The van der Waals surface area contributed by atoms with E-state index in [0.29, 0.717) is 5.13 Å². The number of rotatable bonds is 2. The van der Waals surface area contributed by atoms with Crippen molar-refractivity contribution < 1.29 is 15.0 Å². The van der Waals surface area contributed by atoms with E-state index in [9.17, 15) is 9.90 Å². The zero-order valence-electron chi connectivity index (χ0n) is 15.8. The number of benzene rings is 1. The van der Waals surface area contributed by atoms with Crippen molar-refractivity contribution in [2.45, 2.75) is 52.4 Å². The van der Waals surface area contributed by atoms with Gasteiger partial charge in [-0.05, 0) is 34.1 Å². The molecule has 2 N–H and O–H groups in total. The first kappa shape index (κ1) is 19.2. The monoisotopic (exact) mass is 362 g/mol. The van der Waals surface area contributed by atoms with E-state index in [-0.39, 0.29) is 16.6 Å². The van der Waals surface area contributed by atoms with E-state index in [1.54, 1.807) is 0 Å². The third-order valence-electron chi connectivity index (χ3n) is 4.09. The van der Waals surface area contributed by atoms with Crippen LogP contribution < -0.4 is 4.90 Å². The van der Waals surface area contributed by atoms with Crippen molar-refractivity contribution in [3.05, 3.63) is 28.6 Å². The van der Waals surface area contributed by atoms with Crippen molar-refractivity contribution in [3.63, 3.8) is 0 Å². The van der Waals surface area contributed by atoms with Gasteiger partial charge < -0.3 is 10.2 Å². The Labute approximate surface area is 153 Å². The molecule has 0 bridgehead atoms. The fourth-order valence-electron chi connectivity index (χ4n) is 2.65. The Morgan fingerprint density at radius 1 is 1.08 bits per heavy atom. The molecule has 136 valence electrons. The van der Waals surface area contributed by atoms with Gasteiger partial charge in [-0.25, -0.2) is 9.78 Å². The molecule has 25 heavy (non-hydrogen) atoms. The molecule has 0 fully saturated rings. The average Bonchev–Trinajstić information content (AvgIpc) is 2.93. The highest BCUT2D eigenvalue weighted by atomic mass is 32.1. The van der Waals surface area contributed by atoms with Crippen molar-refractivity contribution in [2.24, 2.45) is 0 Å². The van der Waals surface area contributed by atoms with Gasteiger partial charge in [0.05, 0.1) is 5.69 Å². The number of phenols is 1. The molecule has 6 heteroatoms. The maximum atomic E-state index is 11.2. The Hall–Kier alpha value is -2.08. The molecule has 1 heterocycles. The second kappa shape index (κ2) is 6.33. The molecule has 0 radical (unpaired) electrons. The molecule has 0 aliphatic heterocycles. The summed E-state index contributed by atoms with van der Waals surface area (Å²) in [5, 5.41) is 22.0. The highest BCUT2D eigenvalue weighted by molar-refractivity contribution is 7.14. The molecular formula is C19H26N2O3S. The number of aromatic nitrogens is 1. The number of hydrogen-bond donors (Lipinski definition) is 2. The van der Waals surface area contributed by atoms with Gasteiger partial charge in [-0.1, -0.05) is 41.5 Å². The van der Waals surface area contributed by atoms with E-state index < -0.39 is 6.09 Å². The smallest absolute Gasteiger partial charge is 0.413 e. The summed E-state index contributed by atoms with van der Waals surface area (Å²) in [7, 11) is 1.48. The van der Waals surface area contributed by atoms with Crippen molar-refractivity contribution >= 4 is 22.6 Å². The number of thiazole rings is 1. The number of hydrogen-bond acceptors (Lipinski definition) is 4. The summed E-state index contributed by atoms with van der Waals surface area (Å²) in [4.78, 5) is 16.8. The van der Waals surface area contributed by atoms with E-state index in [1.165, 1.54) is 18.4 Å². The maximum Gasteiger partial charge on any atom is 0.413 e. The molecule has 2 rings (SSSR count). The van der Waals surface area contributed by atoms with Gasteiger partial charge in [-0.2, -0.15) is 0 Å². The Morgan fingerprint density at radius 3 is 2.12 bits per heavy atom. The highest BCUT2D eigenvalue weighted by Gasteiger charge is 2.27. The lowest BCUT2D eigenvalue weighted by molar-refractivity contribution is 0.203. The summed E-state index contributed by atoms with van der Waals surface area (Å²) in [5.41, 5.74) is 3.07. The topological polar surface area (TPSA) is 73.7 Å². The number of aromatic hydroxyl groups is 1. The number of nitrogens with zero attached hydrogens (tertiary/aromatic N) is 2. The number of phenolic OH excluding ortho intramolecular Hbond substituents is 1. The van der Waals surface area contributed by atoms with Crippen LogP contribution in [0.25, 0.3) is 11.3 Å². The molecule has 1 amide bonds. The van der Waals surface area contributed by atoms with Crippen LogP contribution in [-0.2, 0) is 10.8 Å². The van der Waals surface area contributed by atoms with Crippen molar-refractivity contribution in [2.75, 3.05) is 11.9 Å². The lowest BCUT2D eigenvalue weighted by atomic mass is 9.78. The molecule has 0 saturated heterocycles. The van der Waals surface area contributed by atoms with Crippen LogP contribution in [0.1, 0.15) is 52.7 Å². The van der Waals surface area contributed by atoms with Crippen LogP contribution in [0, 0.1) is 0 Å². The summed E-state index contributed by atoms with van der Waals surface area (Å²) >= 11 is 1.29. The Kier molecular flexibility index (Phi) is 4.88. The quantitative estimate of drug-likeness (QED) is 0.767. The van der Waals surface area contributed by atoms with Gasteiger partial charge in [-0.3, -0.25) is 4.90 Å². The van der Waals surface area contributed by atoms with Gasteiger partial charge in [0.1, 0.15) is 5.75 Å². The van der Waals surface area contributed by atoms with Crippen LogP contribution in [0.5, 0.6) is 5.75 Å². The molecular weight excluding hydrogens is 336 g/mol. The van der Waals surface area contributed by atoms with Crippen molar-refractivity contribution in [3.8, 4) is 17.0 Å². The van der Waals surface area contributed by atoms with Crippen LogP contribution in [-0.4, -0.2) is 28.3 Å². The zero-order chi connectivity index (χ0) is 19.2. The molecule has 0 aliphatic rings. The van der Waals surface area contributed by atoms with E-state index in [2.05, 4.69) is 25.8 Å². The predicted molar refractivity (Wildman–Crippen MR) is 103 cm³/mol. The van der Waals surface area contributed by atoms with Gasteiger partial charge in [0.15, 0.2) is 5.13 Å². The van der Waals surface area contributed by atoms with Crippen LogP contribution in [0.3, 0.4) is 0 Å². The lowest BCUT2D eigenvalue weighted by Gasteiger charge is -2.27. The average molecular weight is 362 g/mol. The number of carboxylic acid groups (broad SMARTS) is 1. The van der Waals surface area contributed by atoms with Gasteiger partial charge in [0, 0.05) is 18.0 Å². The van der Waals surface area contributed by atoms with E-state index in [0.717, 1.165) is 27.3 Å². The number of anilines is 1. The van der Waals surface area contributed by atoms with E-state index in [1.807, 2.05) is 38.3 Å². The largest absolute Gasteiger partial charge is 0.508 e. The molecule has 0 aliphatic carbocycles. The van der Waals surface area contributed by atoms with E-state index in [4.69, 9.17) is 5.11 Å². The molecule has 0 spiro atoms. The SMILES string of the molecule is CN(C(=O)O)c1nc(-c2cc(C(C)(C)C)c(O)cc2C(C)(C)C)cs1. The van der Waals surface area contributed by atoms with Crippen LogP contribution in [0.15, 0.2) is 17.5 Å². The minimum atomic E-state index is -1.04. The van der Waals surface area contributed by atoms with Crippen LogP contribution in [0.4, 0.5) is 9.93 Å². The summed E-state index contributed by atoms with van der Waals surface area (Å²) < 4.78 is 0. The van der Waals surface area contributed by atoms with Gasteiger partial charge in [-0.15, -0.1) is 11.3 Å². The molecule has 0 unspecified atom stereocenters. The molecule has 1 aromatic heterocycles. The summed E-state index contributed by atoms with van der Waals surface area (Å²) in [6.45, 7) is 12.4. The van der Waals surface area contributed by atoms with Gasteiger partial charge in [0.2, 0.25) is 0 Å². The van der Waals surface area contributed by atoms with Gasteiger partial charge in [0.25, 0.3) is 0 Å². The second-order valence-corrected chi connectivity index (χ2v) is 9.11. The molecule has 0 atom stereocenters. The molecule has 1 aromatic carbocycles. The fourth-order valence-corrected chi connectivity index (χ4v) is 3.43. The molecule has 5 nitrogen and oxygen atoms in total. The molecule has 2 aromatic rings. The van der Waals surface area contributed by atoms with Crippen LogP contribution in [0.2, 0.25) is 0 Å². The summed E-state index contributed by atoms with van der Waals surface area (Å²) in [6, 6.07) is 3.80. The minimum absolute atomic E-state index is 0.189. The normalized spacial score (nSPS) is 12.3. The Bertz CT molecular complexity index is 798. The minimum Gasteiger partial charge on any atom is -0.508 e. The zero-order valence-corrected chi connectivity index (χ0v) is 16.7. The van der Waals surface area contributed by atoms with Crippen molar-refractivity contribution in [1.29, 1.82) is 0 Å². The standard InChI is InChI=1S/C19H26N2O3S/c1-18(2,3)12-9-15(22)13(19(4,5)6)8-11(12)14-10-25-16(20-14)21(7)17(23)24/h8-10,22H,1-7H3,(H,23,24). The van der Waals surface area contributed by atoms with Crippen LogP contribution >= 0.6 is 11.3 Å². The number of amides is 1. The Balaban J connectivity index is 2.68. The number of carbonyl (C=O) groups is 1. The predicted octanol–water partition coefficient (Wildman–Crippen LogP) is 5.22. The Morgan fingerprint density at radius 2 is 1.64 bits per heavy atom.